The fourth-order valence-electron chi connectivity index (χ4n) is 3.14. The van der Waals surface area contributed by atoms with E-state index in [0.717, 1.165) is 34.2 Å². The van der Waals surface area contributed by atoms with Crippen LogP contribution in [0.25, 0.3) is 0 Å². The molecule has 3 rings (SSSR count). The van der Waals surface area contributed by atoms with Gasteiger partial charge < -0.3 is 14.4 Å². The summed E-state index contributed by atoms with van der Waals surface area (Å²) < 4.78 is 11.1. The first-order valence-electron chi connectivity index (χ1n) is 10.1. The van der Waals surface area contributed by atoms with Gasteiger partial charge >= 0.3 is 0 Å². The van der Waals surface area contributed by atoms with E-state index in [1.54, 1.807) is 30.6 Å². The zero-order valence-electron chi connectivity index (χ0n) is 18.0. The predicted molar refractivity (Wildman–Crippen MR) is 120 cm³/mol. The minimum atomic E-state index is 0.000638. The van der Waals surface area contributed by atoms with Gasteiger partial charge in [0.05, 0.1) is 19.3 Å². The van der Waals surface area contributed by atoms with E-state index in [0.29, 0.717) is 25.3 Å². The monoisotopic (exact) mass is 424 g/mol. The second-order valence-corrected chi connectivity index (χ2v) is 8.12. The number of ether oxygens (including phenoxy) is 2. The van der Waals surface area contributed by atoms with E-state index < -0.39 is 0 Å². The smallest absolute Gasteiger partial charge is 0.254 e. The summed E-state index contributed by atoms with van der Waals surface area (Å²) in [5.41, 5.74) is 3.89. The molecule has 0 atom stereocenters. The van der Waals surface area contributed by atoms with Crippen molar-refractivity contribution in [3.05, 3.63) is 75.2 Å². The number of benzene rings is 2. The third-order valence-corrected chi connectivity index (χ3v) is 5.85. The van der Waals surface area contributed by atoms with Gasteiger partial charge in [-0.15, -0.1) is 11.3 Å². The van der Waals surface area contributed by atoms with Crippen LogP contribution in [0, 0.1) is 13.8 Å². The Morgan fingerprint density at radius 3 is 2.60 bits per heavy atom. The summed E-state index contributed by atoms with van der Waals surface area (Å²) in [7, 11) is 1.62. The van der Waals surface area contributed by atoms with Crippen LogP contribution in [0.4, 0.5) is 0 Å². The lowest BCUT2D eigenvalue weighted by Gasteiger charge is -2.21. The second-order valence-electron chi connectivity index (χ2n) is 7.17. The van der Waals surface area contributed by atoms with Crippen LogP contribution >= 0.6 is 11.3 Å². The number of aryl methyl sites for hydroxylation is 1. The maximum Gasteiger partial charge on any atom is 0.254 e. The van der Waals surface area contributed by atoms with Gasteiger partial charge in [-0.3, -0.25) is 4.79 Å². The lowest BCUT2D eigenvalue weighted by molar-refractivity contribution is 0.0741. The second kappa shape index (κ2) is 10.3. The van der Waals surface area contributed by atoms with Crippen LogP contribution in [0.2, 0.25) is 0 Å². The van der Waals surface area contributed by atoms with Crippen LogP contribution < -0.4 is 9.47 Å². The summed E-state index contributed by atoms with van der Waals surface area (Å²) in [5, 5.41) is 2.91. The number of methoxy groups -OCH3 is 1. The molecule has 0 fully saturated rings. The number of nitrogens with zero attached hydrogens (tertiary/aromatic N) is 2. The number of hydrogen-bond acceptors (Lipinski definition) is 5. The molecule has 1 heterocycles. The molecular weight excluding hydrogens is 396 g/mol. The van der Waals surface area contributed by atoms with Gasteiger partial charge in [0.25, 0.3) is 5.91 Å². The molecule has 0 aliphatic rings. The van der Waals surface area contributed by atoms with Gasteiger partial charge in [0, 0.05) is 17.5 Å². The molecule has 0 aliphatic heterocycles. The standard InChI is InChI=1S/C24H28N2O3S/c1-5-13-26(24(27)19-9-11-21(28-4)12-10-19)14-20-16-30-23(25-20)15-29-22-8-6-7-17(2)18(22)3/h6-12,16H,5,13-15H2,1-4H3. The van der Waals surface area contributed by atoms with Gasteiger partial charge in [0.2, 0.25) is 0 Å². The fraction of sp³-hybridized carbons (Fsp3) is 0.333. The molecule has 6 heteroatoms. The molecule has 2 aromatic carbocycles. The van der Waals surface area contributed by atoms with E-state index in [1.807, 2.05) is 34.5 Å². The van der Waals surface area contributed by atoms with Gasteiger partial charge in [0.15, 0.2) is 0 Å². The van der Waals surface area contributed by atoms with Crippen LogP contribution in [0.3, 0.4) is 0 Å². The van der Waals surface area contributed by atoms with Crippen molar-refractivity contribution in [2.45, 2.75) is 40.3 Å². The van der Waals surface area contributed by atoms with E-state index >= 15 is 0 Å². The van der Waals surface area contributed by atoms with Crippen LogP contribution in [0.15, 0.2) is 47.8 Å². The van der Waals surface area contributed by atoms with Gasteiger partial charge in [-0.2, -0.15) is 0 Å². The number of aromatic nitrogens is 1. The molecule has 158 valence electrons. The summed E-state index contributed by atoms with van der Waals surface area (Å²) in [6, 6.07) is 13.3. The summed E-state index contributed by atoms with van der Waals surface area (Å²) in [6.07, 6.45) is 0.884. The van der Waals surface area contributed by atoms with Crippen molar-refractivity contribution < 1.29 is 14.3 Å². The molecule has 5 nitrogen and oxygen atoms in total. The molecule has 1 amide bonds. The molecule has 0 N–H and O–H groups in total. The number of amides is 1. The molecule has 0 aliphatic carbocycles. The number of rotatable bonds is 9. The van der Waals surface area contributed by atoms with Crippen LogP contribution in [0.5, 0.6) is 11.5 Å². The van der Waals surface area contributed by atoms with Crippen molar-refractivity contribution in [2.24, 2.45) is 0 Å². The predicted octanol–water partition coefficient (Wildman–Crippen LogP) is 5.40. The third-order valence-electron chi connectivity index (χ3n) is 4.98. The maximum absolute atomic E-state index is 13.0. The molecule has 1 aromatic heterocycles. The quantitative estimate of drug-likeness (QED) is 0.461. The molecule has 30 heavy (non-hydrogen) atoms. The highest BCUT2D eigenvalue weighted by Gasteiger charge is 2.17. The topological polar surface area (TPSA) is 51.7 Å². The zero-order valence-corrected chi connectivity index (χ0v) is 18.8. The SMILES string of the molecule is CCCN(Cc1csc(COc2cccc(C)c2C)n1)C(=O)c1ccc(OC)cc1. The Hall–Kier alpha value is -2.86. The summed E-state index contributed by atoms with van der Waals surface area (Å²) in [6.45, 7) is 7.79. The maximum atomic E-state index is 13.0. The highest BCUT2D eigenvalue weighted by Crippen LogP contribution is 2.23. The van der Waals surface area contributed by atoms with Gasteiger partial charge in [-0.1, -0.05) is 19.1 Å². The summed E-state index contributed by atoms with van der Waals surface area (Å²) >= 11 is 1.56. The molecule has 0 saturated carbocycles. The van der Waals surface area contributed by atoms with E-state index in [2.05, 4.69) is 31.8 Å². The van der Waals surface area contributed by atoms with Crippen molar-refractivity contribution in [1.82, 2.24) is 9.88 Å². The highest BCUT2D eigenvalue weighted by atomic mass is 32.1. The van der Waals surface area contributed by atoms with Crippen LogP contribution in [-0.4, -0.2) is 29.4 Å². The average Bonchev–Trinajstić information content (AvgIpc) is 3.21. The molecule has 0 unspecified atom stereocenters. The lowest BCUT2D eigenvalue weighted by atomic mass is 10.1. The van der Waals surface area contributed by atoms with Gasteiger partial charge in [-0.05, 0) is 61.7 Å². The Morgan fingerprint density at radius 2 is 1.90 bits per heavy atom. The average molecular weight is 425 g/mol. The zero-order chi connectivity index (χ0) is 21.5. The number of carbonyl (C=O) groups is 1. The molecule has 0 saturated heterocycles. The minimum Gasteiger partial charge on any atom is -0.497 e. The molecule has 3 aromatic rings. The summed E-state index contributed by atoms with van der Waals surface area (Å²) in [4.78, 5) is 19.5. The first kappa shape index (κ1) is 21.8. The Morgan fingerprint density at radius 1 is 1.13 bits per heavy atom. The van der Waals surface area contributed by atoms with E-state index in [4.69, 9.17) is 9.47 Å². The van der Waals surface area contributed by atoms with E-state index in [1.165, 1.54) is 5.56 Å². The van der Waals surface area contributed by atoms with Crippen molar-refractivity contribution in [3.8, 4) is 11.5 Å². The third kappa shape index (κ3) is 5.39. The largest absolute Gasteiger partial charge is 0.497 e. The Bertz CT molecular complexity index is 982. The number of hydrogen-bond donors (Lipinski definition) is 0. The Kier molecular flexibility index (Phi) is 7.46. The molecule has 0 radical (unpaired) electrons. The Balaban J connectivity index is 1.65. The van der Waals surface area contributed by atoms with Crippen LogP contribution in [-0.2, 0) is 13.2 Å². The fourth-order valence-corrected chi connectivity index (χ4v) is 3.84. The van der Waals surface area contributed by atoms with E-state index in [-0.39, 0.29) is 5.91 Å². The van der Waals surface area contributed by atoms with E-state index in [9.17, 15) is 4.79 Å². The summed E-state index contributed by atoms with van der Waals surface area (Å²) in [5.74, 6) is 1.62. The number of carbonyl (C=O) groups excluding carboxylic acids is 1. The first-order chi connectivity index (χ1) is 14.5. The molecular formula is C24H28N2O3S. The molecule has 0 bridgehead atoms. The van der Waals surface area contributed by atoms with Gasteiger partial charge in [0.1, 0.15) is 23.1 Å². The Labute approximate surface area is 182 Å². The van der Waals surface area contributed by atoms with Crippen molar-refractivity contribution >= 4 is 17.2 Å². The molecule has 0 spiro atoms. The van der Waals surface area contributed by atoms with Crippen molar-refractivity contribution in [2.75, 3.05) is 13.7 Å². The highest BCUT2D eigenvalue weighted by molar-refractivity contribution is 7.09. The van der Waals surface area contributed by atoms with Crippen molar-refractivity contribution in [3.63, 3.8) is 0 Å². The van der Waals surface area contributed by atoms with Crippen LogP contribution in [0.1, 0.15) is 45.5 Å². The normalized spacial score (nSPS) is 10.7. The lowest BCUT2D eigenvalue weighted by Crippen LogP contribution is -2.31. The van der Waals surface area contributed by atoms with Gasteiger partial charge in [-0.25, -0.2) is 4.98 Å². The first-order valence-corrected chi connectivity index (χ1v) is 11.0. The minimum absolute atomic E-state index is 0.000638. The van der Waals surface area contributed by atoms with Crippen molar-refractivity contribution in [1.29, 1.82) is 0 Å². The number of thiazole rings is 1.